The van der Waals surface area contributed by atoms with Crippen LogP contribution in [0.4, 0.5) is 11.4 Å². The second kappa shape index (κ2) is 8.12. The first-order chi connectivity index (χ1) is 9.54. The molecular weight excluding hydrogens is 258 g/mol. The predicted molar refractivity (Wildman–Crippen MR) is 76.6 cm³/mol. The Labute approximate surface area is 118 Å². The Morgan fingerprint density at radius 1 is 1.50 bits per heavy atom. The summed E-state index contributed by atoms with van der Waals surface area (Å²) in [5.41, 5.74) is 0.632. The van der Waals surface area contributed by atoms with Gasteiger partial charge < -0.3 is 10.1 Å². The van der Waals surface area contributed by atoms with E-state index in [-0.39, 0.29) is 11.3 Å². The molecule has 0 aliphatic heterocycles. The molecule has 0 spiro atoms. The van der Waals surface area contributed by atoms with E-state index in [0.29, 0.717) is 24.8 Å². The molecule has 1 aromatic rings. The van der Waals surface area contributed by atoms with Crippen LogP contribution in [0.5, 0.6) is 0 Å². The molecule has 0 saturated heterocycles. The van der Waals surface area contributed by atoms with E-state index < -0.39 is 4.92 Å². The molecule has 20 heavy (non-hydrogen) atoms. The lowest BCUT2D eigenvalue weighted by molar-refractivity contribution is -0.384. The predicted octanol–water partition coefficient (Wildman–Crippen LogP) is 2.94. The highest BCUT2D eigenvalue weighted by Gasteiger charge is 2.14. The highest BCUT2D eigenvalue weighted by molar-refractivity contribution is 5.63. The second-order valence-corrected chi connectivity index (χ2v) is 4.85. The van der Waals surface area contributed by atoms with Crippen LogP contribution in [0, 0.1) is 27.4 Å². The molecule has 6 nitrogen and oxygen atoms in total. The molecule has 0 bridgehead atoms. The summed E-state index contributed by atoms with van der Waals surface area (Å²) in [6, 6.07) is 6.29. The van der Waals surface area contributed by atoms with Crippen LogP contribution in [0.25, 0.3) is 0 Å². The van der Waals surface area contributed by atoms with Gasteiger partial charge in [0.1, 0.15) is 5.69 Å². The van der Waals surface area contributed by atoms with Crippen LogP contribution in [0.15, 0.2) is 18.2 Å². The number of nitrogens with one attached hydrogen (secondary N) is 1. The number of nitro benzene ring substituents is 1. The lowest BCUT2D eigenvalue weighted by atomic mass is 10.2. The number of benzene rings is 1. The zero-order valence-corrected chi connectivity index (χ0v) is 11.8. The minimum atomic E-state index is -0.488. The Morgan fingerprint density at radius 3 is 2.85 bits per heavy atom. The number of hydrogen-bond acceptors (Lipinski definition) is 5. The van der Waals surface area contributed by atoms with Gasteiger partial charge in [0.2, 0.25) is 0 Å². The molecule has 1 N–H and O–H groups in total. The van der Waals surface area contributed by atoms with Gasteiger partial charge in [0.25, 0.3) is 5.69 Å². The first-order valence-corrected chi connectivity index (χ1v) is 6.54. The molecule has 0 saturated carbocycles. The van der Waals surface area contributed by atoms with Crippen LogP contribution in [0.2, 0.25) is 0 Å². The maximum atomic E-state index is 10.9. The molecular formula is C14H19N3O3. The van der Waals surface area contributed by atoms with Gasteiger partial charge in [0.15, 0.2) is 0 Å². The van der Waals surface area contributed by atoms with Gasteiger partial charge in [-0.3, -0.25) is 10.1 Å². The molecule has 0 aliphatic rings. The molecule has 0 amide bonds. The smallest absolute Gasteiger partial charge is 0.293 e. The maximum absolute atomic E-state index is 10.9. The molecule has 6 heteroatoms. The summed E-state index contributed by atoms with van der Waals surface area (Å²) in [6.07, 6.45) is 0.768. The van der Waals surface area contributed by atoms with Crippen LogP contribution in [-0.2, 0) is 4.74 Å². The summed E-state index contributed by atoms with van der Waals surface area (Å²) >= 11 is 0. The average Bonchev–Trinajstić information content (AvgIpc) is 2.42. The number of anilines is 1. The van der Waals surface area contributed by atoms with E-state index in [0.717, 1.165) is 13.0 Å². The highest BCUT2D eigenvalue weighted by Crippen LogP contribution is 2.25. The topological polar surface area (TPSA) is 88.2 Å². The summed E-state index contributed by atoms with van der Waals surface area (Å²) in [5, 5.41) is 22.7. The fourth-order valence-electron chi connectivity index (χ4n) is 1.62. The molecule has 0 fully saturated rings. The van der Waals surface area contributed by atoms with Gasteiger partial charge >= 0.3 is 0 Å². The molecule has 0 atom stereocenters. The van der Waals surface area contributed by atoms with Gasteiger partial charge in [-0.25, -0.2) is 0 Å². The Hall–Kier alpha value is -2.13. The van der Waals surface area contributed by atoms with Gasteiger partial charge in [0.05, 0.1) is 16.6 Å². The Bertz CT molecular complexity index is 495. The summed E-state index contributed by atoms with van der Waals surface area (Å²) in [6.45, 7) is 6.09. The van der Waals surface area contributed by atoms with Crippen molar-refractivity contribution in [3.8, 4) is 6.07 Å². The van der Waals surface area contributed by atoms with Crippen LogP contribution >= 0.6 is 0 Å². The number of hydrogen-bond donors (Lipinski definition) is 1. The molecule has 0 aromatic heterocycles. The molecule has 108 valence electrons. The van der Waals surface area contributed by atoms with Gasteiger partial charge in [-0.1, -0.05) is 13.8 Å². The monoisotopic (exact) mass is 277 g/mol. The van der Waals surface area contributed by atoms with Crippen molar-refractivity contribution >= 4 is 11.4 Å². The molecule has 1 rings (SSSR count). The van der Waals surface area contributed by atoms with Crippen molar-refractivity contribution in [2.75, 3.05) is 25.1 Å². The van der Waals surface area contributed by atoms with Gasteiger partial charge in [-0.05, 0) is 24.5 Å². The molecule has 0 aliphatic carbocycles. The third-order valence-corrected chi connectivity index (χ3v) is 2.56. The van der Waals surface area contributed by atoms with Crippen LogP contribution in [-0.4, -0.2) is 24.7 Å². The summed E-state index contributed by atoms with van der Waals surface area (Å²) in [4.78, 5) is 10.4. The first kappa shape index (κ1) is 15.9. The van der Waals surface area contributed by atoms with Gasteiger partial charge in [-0.2, -0.15) is 5.26 Å². The van der Waals surface area contributed by atoms with Crippen molar-refractivity contribution in [3.05, 3.63) is 33.9 Å². The standard InChI is InChI=1S/C14H19N3O3/c1-11(2)10-20-7-3-6-16-13-5-4-12(9-15)8-14(13)17(18)19/h4-5,8,11,16H,3,6-7,10H2,1-2H3. The third kappa shape index (κ3) is 5.24. The molecule has 0 radical (unpaired) electrons. The van der Waals surface area contributed by atoms with Crippen molar-refractivity contribution in [3.63, 3.8) is 0 Å². The highest BCUT2D eigenvalue weighted by atomic mass is 16.6. The first-order valence-electron chi connectivity index (χ1n) is 6.54. The summed E-state index contributed by atoms with van der Waals surface area (Å²) < 4.78 is 5.43. The molecule has 0 unspecified atom stereocenters. The van der Waals surface area contributed by atoms with E-state index in [2.05, 4.69) is 19.2 Å². The third-order valence-electron chi connectivity index (χ3n) is 2.56. The lowest BCUT2D eigenvalue weighted by Gasteiger charge is -2.09. The number of nitriles is 1. The minimum Gasteiger partial charge on any atom is -0.381 e. The SMILES string of the molecule is CC(C)COCCCNc1ccc(C#N)cc1[N+](=O)[O-]. The number of nitrogens with zero attached hydrogens (tertiary/aromatic N) is 2. The van der Waals surface area contributed by atoms with Crippen molar-refractivity contribution in [1.29, 1.82) is 5.26 Å². The van der Waals surface area contributed by atoms with Crippen LogP contribution in [0.3, 0.4) is 0 Å². The van der Waals surface area contributed by atoms with E-state index in [9.17, 15) is 10.1 Å². The van der Waals surface area contributed by atoms with E-state index in [1.807, 2.05) is 6.07 Å². The lowest BCUT2D eigenvalue weighted by Crippen LogP contribution is -2.09. The Balaban J connectivity index is 2.48. The zero-order chi connectivity index (χ0) is 15.0. The van der Waals surface area contributed by atoms with Crippen molar-refractivity contribution in [2.45, 2.75) is 20.3 Å². The number of rotatable bonds is 8. The summed E-state index contributed by atoms with van der Waals surface area (Å²) in [5.74, 6) is 0.502. The minimum absolute atomic E-state index is 0.0767. The largest absolute Gasteiger partial charge is 0.381 e. The fraction of sp³-hybridized carbons (Fsp3) is 0.500. The number of nitro groups is 1. The Morgan fingerprint density at radius 2 is 2.25 bits per heavy atom. The number of ether oxygens (including phenoxy) is 1. The van der Waals surface area contributed by atoms with Gasteiger partial charge in [0, 0.05) is 25.8 Å². The van der Waals surface area contributed by atoms with Crippen molar-refractivity contribution in [2.24, 2.45) is 5.92 Å². The molecule has 0 heterocycles. The van der Waals surface area contributed by atoms with Crippen molar-refractivity contribution in [1.82, 2.24) is 0 Å². The van der Waals surface area contributed by atoms with Gasteiger partial charge in [-0.15, -0.1) is 0 Å². The maximum Gasteiger partial charge on any atom is 0.293 e. The normalized spacial score (nSPS) is 10.3. The van der Waals surface area contributed by atoms with E-state index in [1.165, 1.54) is 6.07 Å². The molecule has 1 aromatic carbocycles. The van der Waals surface area contributed by atoms with Crippen LogP contribution in [0.1, 0.15) is 25.8 Å². The fourth-order valence-corrected chi connectivity index (χ4v) is 1.62. The van der Waals surface area contributed by atoms with Crippen molar-refractivity contribution < 1.29 is 9.66 Å². The zero-order valence-electron chi connectivity index (χ0n) is 11.8. The Kier molecular flexibility index (Phi) is 6.47. The second-order valence-electron chi connectivity index (χ2n) is 4.85. The van der Waals surface area contributed by atoms with E-state index in [4.69, 9.17) is 10.00 Å². The summed E-state index contributed by atoms with van der Waals surface area (Å²) in [7, 11) is 0. The van der Waals surface area contributed by atoms with E-state index >= 15 is 0 Å². The van der Waals surface area contributed by atoms with Crippen LogP contribution < -0.4 is 5.32 Å². The quantitative estimate of drug-likeness (QED) is 0.448. The average molecular weight is 277 g/mol. The van der Waals surface area contributed by atoms with E-state index in [1.54, 1.807) is 12.1 Å².